The van der Waals surface area contributed by atoms with Gasteiger partial charge in [-0.25, -0.2) is 0 Å². The lowest BCUT2D eigenvalue weighted by atomic mass is 9.79. The molecular weight excluding hydrogens is 378 g/mol. The lowest BCUT2D eigenvalue weighted by Crippen LogP contribution is -2.53. The Morgan fingerprint density at radius 3 is 2.47 bits per heavy atom. The fraction of sp³-hybridized carbons (Fsp3) is 0.625. The minimum absolute atomic E-state index is 0.0723. The molecule has 3 heterocycles. The van der Waals surface area contributed by atoms with Gasteiger partial charge in [0.15, 0.2) is 11.5 Å². The summed E-state index contributed by atoms with van der Waals surface area (Å²) in [4.78, 5) is 27.7. The van der Waals surface area contributed by atoms with E-state index in [2.05, 4.69) is 19.2 Å². The smallest absolute Gasteiger partial charge is 0.289 e. The van der Waals surface area contributed by atoms with Gasteiger partial charge >= 0.3 is 0 Å². The number of furan rings is 1. The molecule has 0 aliphatic carbocycles. The molecule has 0 radical (unpaired) electrons. The summed E-state index contributed by atoms with van der Waals surface area (Å²) >= 11 is 0. The summed E-state index contributed by atoms with van der Waals surface area (Å²) in [6.45, 7) is 5.57. The Bertz CT molecular complexity index is 766. The van der Waals surface area contributed by atoms with Gasteiger partial charge in [-0.15, -0.1) is 0 Å². The first kappa shape index (κ1) is 22.3. The van der Waals surface area contributed by atoms with Crippen LogP contribution in [0.1, 0.15) is 82.2 Å². The highest BCUT2D eigenvalue weighted by atomic mass is 16.3. The molecule has 2 N–H and O–H groups in total. The SMILES string of the molecule is CCCCC1(CCCC)NC(=N)C=C(C2CCN(C(=O)c3ccco3)CC2)CC1=O. The minimum Gasteiger partial charge on any atom is -0.459 e. The van der Waals surface area contributed by atoms with Crippen molar-refractivity contribution in [1.29, 1.82) is 5.41 Å². The molecule has 1 amide bonds. The number of carbonyl (C=O) groups excluding carboxylic acids is 2. The molecule has 2 aliphatic rings. The normalized spacial score (nSPS) is 19.9. The summed E-state index contributed by atoms with van der Waals surface area (Å²) in [5, 5.41) is 11.8. The van der Waals surface area contributed by atoms with Crippen LogP contribution in [0.4, 0.5) is 0 Å². The number of piperidine rings is 1. The van der Waals surface area contributed by atoms with Gasteiger partial charge in [-0.3, -0.25) is 15.0 Å². The number of rotatable bonds is 8. The highest BCUT2D eigenvalue weighted by molar-refractivity contribution is 6.02. The Morgan fingerprint density at radius 1 is 1.23 bits per heavy atom. The maximum Gasteiger partial charge on any atom is 0.289 e. The van der Waals surface area contributed by atoms with E-state index in [-0.39, 0.29) is 17.6 Å². The molecule has 0 spiro atoms. The summed E-state index contributed by atoms with van der Waals surface area (Å²) in [5.74, 6) is 1.13. The third-order valence-corrected chi connectivity index (χ3v) is 6.55. The molecule has 0 bridgehead atoms. The molecule has 1 aromatic rings. The van der Waals surface area contributed by atoms with Crippen LogP contribution in [0.15, 0.2) is 34.5 Å². The fourth-order valence-corrected chi connectivity index (χ4v) is 4.71. The Morgan fingerprint density at radius 2 is 1.90 bits per heavy atom. The second kappa shape index (κ2) is 10.1. The van der Waals surface area contributed by atoms with Gasteiger partial charge in [-0.2, -0.15) is 0 Å². The van der Waals surface area contributed by atoms with E-state index in [1.807, 2.05) is 11.0 Å². The van der Waals surface area contributed by atoms with E-state index in [1.165, 1.54) is 6.26 Å². The van der Waals surface area contributed by atoms with E-state index in [0.29, 0.717) is 31.1 Å². The second-order valence-corrected chi connectivity index (χ2v) is 8.69. The first-order chi connectivity index (χ1) is 14.5. The second-order valence-electron chi connectivity index (χ2n) is 8.69. The molecule has 1 saturated heterocycles. The number of hydrogen-bond acceptors (Lipinski definition) is 4. The van der Waals surface area contributed by atoms with Crippen LogP contribution in [0.3, 0.4) is 0 Å². The first-order valence-corrected chi connectivity index (χ1v) is 11.4. The zero-order valence-corrected chi connectivity index (χ0v) is 18.3. The molecule has 1 fully saturated rings. The summed E-state index contributed by atoms with van der Waals surface area (Å²) in [5.41, 5.74) is 0.453. The van der Waals surface area contributed by atoms with Gasteiger partial charge in [0.1, 0.15) is 5.84 Å². The van der Waals surface area contributed by atoms with Gasteiger partial charge in [0, 0.05) is 19.5 Å². The van der Waals surface area contributed by atoms with Crippen LogP contribution in [-0.4, -0.2) is 41.1 Å². The number of unbranched alkanes of at least 4 members (excludes halogenated alkanes) is 2. The van der Waals surface area contributed by atoms with Gasteiger partial charge in [0.2, 0.25) is 0 Å². The Balaban J connectivity index is 1.67. The quantitative estimate of drug-likeness (QED) is 0.646. The molecule has 3 rings (SSSR count). The van der Waals surface area contributed by atoms with Gasteiger partial charge in [0.05, 0.1) is 11.8 Å². The van der Waals surface area contributed by atoms with E-state index in [1.54, 1.807) is 12.1 Å². The fourth-order valence-electron chi connectivity index (χ4n) is 4.71. The summed E-state index contributed by atoms with van der Waals surface area (Å²) < 4.78 is 5.24. The topological polar surface area (TPSA) is 86.4 Å². The number of amidine groups is 1. The van der Waals surface area contributed by atoms with Crippen molar-refractivity contribution in [2.45, 2.75) is 77.2 Å². The van der Waals surface area contributed by atoms with E-state index >= 15 is 0 Å². The Kier molecular flexibility index (Phi) is 7.51. The number of Topliss-reactive ketones (excluding diaryl/α,β-unsaturated/α-hetero) is 1. The van der Waals surface area contributed by atoms with Crippen molar-refractivity contribution in [3.8, 4) is 0 Å². The molecule has 6 nitrogen and oxygen atoms in total. The first-order valence-electron chi connectivity index (χ1n) is 11.4. The number of likely N-dealkylation sites (tertiary alicyclic amines) is 1. The molecule has 2 aliphatic heterocycles. The lowest BCUT2D eigenvalue weighted by Gasteiger charge is -2.34. The van der Waals surface area contributed by atoms with Crippen LogP contribution in [0.5, 0.6) is 0 Å². The van der Waals surface area contributed by atoms with Crippen LogP contribution < -0.4 is 5.32 Å². The number of hydrogen-bond donors (Lipinski definition) is 2. The third-order valence-electron chi connectivity index (χ3n) is 6.55. The molecule has 0 unspecified atom stereocenters. The number of allylic oxidation sites excluding steroid dienone is 1. The largest absolute Gasteiger partial charge is 0.459 e. The van der Waals surface area contributed by atoms with Gasteiger partial charge in [0.25, 0.3) is 5.91 Å². The lowest BCUT2D eigenvalue weighted by molar-refractivity contribution is -0.125. The number of carbonyl (C=O) groups is 2. The van der Waals surface area contributed by atoms with Crippen molar-refractivity contribution in [3.63, 3.8) is 0 Å². The van der Waals surface area contributed by atoms with E-state index in [4.69, 9.17) is 9.83 Å². The van der Waals surface area contributed by atoms with Crippen LogP contribution in [0.25, 0.3) is 0 Å². The highest BCUT2D eigenvalue weighted by Gasteiger charge is 2.40. The number of amides is 1. The van der Waals surface area contributed by atoms with Crippen molar-refractivity contribution in [3.05, 3.63) is 35.8 Å². The summed E-state index contributed by atoms with van der Waals surface area (Å²) in [6, 6.07) is 3.42. The number of nitrogens with zero attached hydrogens (tertiary/aromatic N) is 1. The molecule has 30 heavy (non-hydrogen) atoms. The molecular formula is C24H35N3O3. The van der Waals surface area contributed by atoms with Crippen LogP contribution >= 0.6 is 0 Å². The van der Waals surface area contributed by atoms with Crippen molar-refractivity contribution in [2.24, 2.45) is 5.92 Å². The van der Waals surface area contributed by atoms with Crippen molar-refractivity contribution >= 4 is 17.5 Å². The summed E-state index contributed by atoms with van der Waals surface area (Å²) in [6.07, 6.45) is 11.1. The number of nitrogens with one attached hydrogen (secondary N) is 2. The van der Waals surface area contributed by atoms with Gasteiger partial charge in [-0.1, -0.05) is 45.1 Å². The van der Waals surface area contributed by atoms with E-state index in [9.17, 15) is 9.59 Å². The van der Waals surface area contributed by atoms with Crippen LogP contribution in [0.2, 0.25) is 0 Å². The Hall–Kier alpha value is -2.37. The molecule has 164 valence electrons. The zero-order chi connectivity index (χ0) is 21.6. The minimum atomic E-state index is -0.600. The highest BCUT2D eigenvalue weighted by Crippen LogP contribution is 2.34. The molecule has 0 aromatic carbocycles. The summed E-state index contributed by atoms with van der Waals surface area (Å²) in [7, 11) is 0. The molecule has 1 aromatic heterocycles. The molecule has 0 atom stereocenters. The maximum absolute atomic E-state index is 13.4. The number of ketones is 1. The van der Waals surface area contributed by atoms with Crippen molar-refractivity contribution in [2.75, 3.05) is 13.1 Å². The van der Waals surface area contributed by atoms with Crippen LogP contribution in [-0.2, 0) is 4.79 Å². The average molecular weight is 414 g/mol. The third kappa shape index (κ3) is 5.02. The predicted octanol–water partition coefficient (Wildman–Crippen LogP) is 4.72. The monoisotopic (exact) mass is 413 g/mol. The van der Waals surface area contributed by atoms with Gasteiger partial charge < -0.3 is 14.6 Å². The van der Waals surface area contributed by atoms with E-state index in [0.717, 1.165) is 56.9 Å². The van der Waals surface area contributed by atoms with Crippen LogP contribution in [0, 0.1) is 11.3 Å². The van der Waals surface area contributed by atoms with E-state index < -0.39 is 5.54 Å². The molecule has 0 saturated carbocycles. The van der Waals surface area contributed by atoms with Crippen molar-refractivity contribution < 1.29 is 14.0 Å². The standard InChI is InChI=1S/C24H35N3O3/c1-3-5-11-24(12-6-4-2)21(28)16-19(17-22(25)26-24)18-9-13-27(14-10-18)23(29)20-8-7-15-30-20/h7-8,15,17-18H,3-6,9-14,16H2,1-2H3,(H2,25,26). The average Bonchev–Trinajstić information content (AvgIpc) is 3.25. The van der Waals surface area contributed by atoms with Gasteiger partial charge in [-0.05, 0) is 49.8 Å². The van der Waals surface area contributed by atoms with Crippen molar-refractivity contribution in [1.82, 2.24) is 10.2 Å². The molecule has 6 heteroatoms. The maximum atomic E-state index is 13.4. The predicted molar refractivity (Wildman–Crippen MR) is 118 cm³/mol. The Labute approximate surface area is 179 Å². The zero-order valence-electron chi connectivity index (χ0n) is 18.3.